The highest BCUT2D eigenvalue weighted by atomic mass is 32.2. The van der Waals surface area contributed by atoms with Crippen LogP contribution < -0.4 is 0 Å². The second-order valence-corrected chi connectivity index (χ2v) is 7.94. The average Bonchev–Trinajstić information content (AvgIpc) is 3.14. The molecule has 2 heterocycles. The molecular formula is C19H27N5OS. The van der Waals surface area contributed by atoms with Crippen LogP contribution in [0.2, 0.25) is 0 Å². The van der Waals surface area contributed by atoms with Crippen molar-refractivity contribution in [2.75, 3.05) is 18.8 Å². The van der Waals surface area contributed by atoms with Crippen molar-refractivity contribution in [2.45, 2.75) is 51.1 Å². The summed E-state index contributed by atoms with van der Waals surface area (Å²) in [6, 6.07) is 8.33. The Morgan fingerprint density at radius 3 is 2.65 bits per heavy atom. The smallest absolute Gasteiger partial charge is 0.233 e. The van der Waals surface area contributed by atoms with Gasteiger partial charge in [0.15, 0.2) is 0 Å². The van der Waals surface area contributed by atoms with Gasteiger partial charge in [0.05, 0.1) is 11.4 Å². The minimum Gasteiger partial charge on any atom is -0.342 e. The molecular weight excluding hydrogens is 346 g/mol. The number of carbonyl (C=O) groups excluding carboxylic acids is 1. The van der Waals surface area contributed by atoms with Crippen LogP contribution in [0, 0.1) is 5.92 Å². The fourth-order valence-corrected chi connectivity index (χ4v) is 3.88. The van der Waals surface area contributed by atoms with Crippen molar-refractivity contribution >= 4 is 17.7 Å². The van der Waals surface area contributed by atoms with E-state index in [1.54, 1.807) is 4.68 Å². The molecule has 1 aliphatic heterocycles. The van der Waals surface area contributed by atoms with Crippen LogP contribution in [0.25, 0.3) is 5.69 Å². The number of benzene rings is 1. The molecule has 1 aromatic heterocycles. The number of hydrogen-bond acceptors (Lipinski definition) is 5. The SMILES string of the molecule is CCCCc1ccc(-n2nnnc2SCC(=O)N2CCC(C)CC2)cc1. The Kier molecular flexibility index (Phi) is 6.66. The van der Waals surface area contributed by atoms with Crippen molar-refractivity contribution in [3.8, 4) is 5.69 Å². The first-order valence-corrected chi connectivity index (χ1v) is 10.4. The molecule has 0 atom stereocenters. The van der Waals surface area contributed by atoms with Gasteiger partial charge in [-0.15, -0.1) is 5.10 Å². The first kappa shape index (κ1) is 18.9. The summed E-state index contributed by atoms with van der Waals surface area (Å²) in [5, 5.41) is 12.6. The van der Waals surface area contributed by atoms with Crippen LogP contribution in [-0.4, -0.2) is 49.9 Å². The van der Waals surface area contributed by atoms with Crippen LogP contribution in [0.1, 0.15) is 45.1 Å². The summed E-state index contributed by atoms with van der Waals surface area (Å²) in [6.07, 6.45) is 5.68. The lowest BCUT2D eigenvalue weighted by Crippen LogP contribution is -2.38. The quantitative estimate of drug-likeness (QED) is 0.697. The van der Waals surface area contributed by atoms with Gasteiger partial charge in [-0.1, -0.05) is 44.2 Å². The number of unbranched alkanes of at least 4 members (excludes halogenated alkanes) is 1. The number of likely N-dealkylation sites (tertiary alicyclic amines) is 1. The maximum Gasteiger partial charge on any atom is 0.233 e. The summed E-state index contributed by atoms with van der Waals surface area (Å²) < 4.78 is 1.71. The van der Waals surface area contributed by atoms with Crippen LogP contribution in [0.15, 0.2) is 29.4 Å². The van der Waals surface area contributed by atoms with Gasteiger partial charge in [-0.25, -0.2) is 0 Å². The van der Waals surface area contributed by atoms with Gasteiger partial charge < -0.3 is 4.90 Å². The van der Waals surface area contributed by atoms with E-state index in [9.17, 15) is 4.79 Å². The van der Waals surface area contributed by atoms with Crippen molar-refractivity contribution < 1.29 is 4.79 Å². The zero-order valence-corrected chi connectivity index (χ0v) is 16.4. The molecule has 140 valence electrons. The molecule has 0 N–H and O–H groups in total. The van der Waals surface area contributed by atoms with Crippen LogP contribution in [0.5, 0.6) is 0 Å². The molecule has 0 unspecified atom stereocenters. The molecule has 0 bridgehead atoms. The third kappa shape index (κ3) is 4.84. The maximum atomic E-state index is 12.4. The number of aryl methyl sites for hydroxylation is 1. The number of carbonyl (C=O) groups is 1. The monoisotopic (exact) mass is 373 g/mol. The van der Waals surface area contributed by atoms with E-state index < -0.39 is 0 Å². The molecule has 0 aliphatic carbocycles. The Balaban J connectivity index is 1.59. The summed E-state index contributed by atoms with van der Waals surface area (Å²) in [5.41, 5.74) is 2.25. The van der Waals surface area contributed by atoms with Crippen LogP contribution in [0.4, 0.5) is 0 Å². The molecule has 0 radical (unpaired) electrons. The van der Waals surface area contributed by atoms with Crippen LogP contribution in [0.3, 0.4) is 0 Å². The number of nitrogens with zero attached hydrogens (tertiary/aromatic N) is 5. The van der Waals surface area contributed by atoms with Crippen molar-refractivity contribution in [3.05, 3.63) is 29.8 Å². The minimum absolute atomic E-state index is 0.173. The van der Waals surface area contributed by atoms with E-state index in [-0.39, 0.29) is 5.91 Å². The van der Waals surface area contributed by atoms with E-state index in [1.807, 2.05) is 17.0 Å². The Labute approximate surface area is 159 Å². The van der Waals surface area contributed by atoms with Gasteiger partial charge >= 0.3 is 0 Å². The van der Waals surface area contributed by atoms with Gasteiger partial charge in [0, 0.05) is 13.1 Å². The number of piperidine rings is 1. The predicted octanol–water partition coefficient (Wildman–Crippen LogP) is 3.36. The van der Waals surface area contributed by atoms with Gasteiger partial charge in [-0.05, 0) is 59.7 Å². The molecule has 3 rings (SSSR count). The van der Waals surface area contributed by atoms with E-state index in [4.69, 9.17) is 0 Å². The van der Waals surface area contributed by atoms with Gasteiger partial charge in [0.2, 0.25) is 11.1 Å². The van der Waals surface area contributed by atoms with E-state index >= 15 is 0 Å². The number of aromatic nitrogens is 4. The van der Waals surface area contributed by atoms with E-state index in [1.165, 1.54) is 30.2 Å². The Hall–Kier alpha value is -1.89. The zero-order chi connectivity index (χ0) is 18.4. The van der Waals surface area contributed by atoms with Crippen molar-refractivity contribution in [1.29, 1.82) is 0 Å². The summed E-state index contributed by atoms with van der Waals surface area (Å²) >= 11 is 1.40. The summed E-state index contributed by atoms with van der Waals surface area (Å²) in [5.74, 6) is 1.27. The topological polar surface area (TPSA) is 63.9 Å². The van der Waals surface area contributed by atoms with Crippen molar-refractivity contribution in [1.82, 2.24) is 25.1 Å². The molecule has 0 spiro atoms. The van der Waals surface area contributed by atoms with Gasteiger partial charge in [-0.2, -0.15) is 4.68 Å². The lowest BCUT2D eigenvalue weighted by molar-refractivity contribution is -0.129. The molecule has 26 heavy (non-hydrogen) atoms. The van der Waals surface area contributed by atoms with Gasteiger partial charge in [0.25, 0.3) is 0 Å². The highest BCUT2D eigenvalue weighted by Gasteiger charge is 2.21. The van der Waals surface area contributed by atoms with E-state index in [0.717, 1.165) is 44.0 Å². The first-order valence-electron chi connectivity index (χ1n) is 9.45. The minimum atomic E-state index is 0.173. The Bertz CT molecular complexity index is 707. The highest BCUT2D eigenvalue weighted by Crippen LogP contribution is 2.21. The summed E-state index contributed by atoms with van der Waals surface area (Å²) in [7, 11) is 0. The fourth-order valence-electron chi connectivity index (χ4n) is 3.09. The third-order valence-electron chi connectivity index (χ3n) is 4.90. The van der Waals surface area contributed by atoms with Crippen molar-refractivity contribution in [2.24, 2.45) is 5.92 Å². The second-order valence-electron chi connectivity index (χ2n) is 7.00. The zero-order valence-electron chi connectivity index (χ0n) is 15.6. The van der Waals surface area contributed by atoms with Crippen molar-refractivity contribution in [3.63, 3.8) is 0 Å². The average molecular weight is 374 g/mol. The number of amides is 1. The third-order valence-corrected chi connectivity index (χ3v) is 5.81. The van der Waals surface area contributed by atoms with Gasteiger partial charge in [-0.3, -0.25) is 4.79 Å². The molecule has 2 aromatic rings. The molecule has 1 fully saturated rings. The summed E-state index contributed by atoms with van der Waals surface area (Å²) in [4.78, 5) is 14.4. The number of thioether (sulfide) groups is 1. The van der Waals surface area contributed by atoms with E-state index in [2.05, 4.69) is 41.5 Å². The maximum absolute atomic E-state index is 12.4. The van der Waals surface area contributed by atoms with E-state index in [0.29, 0.717) is 10.9 Å². The Morgan fingerprint density at radius 1 is 1.23 bits per heavy atom. The van der Waals surface area contributed by atoms with Gasteiger partial charge in [0.1, 0.15) is 0 Å². The highest BCUT2D eigenvalue weighted by molar-refractivity contribution is 7.99. The molecule has 1 amide bonds. The number of hydrogen-bond donors (Lipinski definition) is 0. The summed E-state index contributed by atoms with van der Waals surface area (Å²) in [6.45, 7) is 6.18. The van der Waals surface area contributed by atoms with Crippen LogP contribution >= 0.6 is 11.8 Å². The lowest BCUT2D eigenvalue weighted by atomic mass is 9.99. The number of tetrazole rings is 1. The largest absolute Gasteiger partial charge is 0.342 e. The predicted molar refractivity (Wildman–Crippen MR) is 103 cm³/mol. The Morgan fingerprint density at radius 2 is 1.96 bits per heavy atom. The molecule has 1 aromatic carbocycles. The first-order chi connectivity index (χ1) is 12.7. The molecule has 6 nitrogen and oxygen atoms in total. The molecule has 1 saturated heterocycles. The fraction of sp³-hybridized carbons (Fsp3) is 0.579. The normalized spacial score (nSPS) is 15.4. The molecule has 0 saturated carbocycles. The molecule has 1 aliphatic rings. The lowest BCUT2D eigenvalue weighted by Gasteiger charge is -2.30. The van der Waals surface area contributed by atoms with Crippen LogP contribution in [-0.2, 0) is 11.2 Å². The standard InChI is InChI=1S/C19H27N5OS/c1-3-4-5-16-6-8-17(9-7-16)24-19(20-21-22-24)26-14-18(25)23-12-10-15(2)11-13-23/h6-9,15H,3-5,10-14H2,1-2H3. The second kappa shape index (κ2) is 9.16. The number of rotatable bonds is 7. The molecule has 7 heteroatoms.